The third-order valence-electron chi connectivity index (χ3n) is 4.05. The number of carboxylic acids is 1. The number of carbonyl (C=O) groups is 1. The molecule has 2 atom stereocenters. The summed E-state index contributed by atoms with van der Waals surface area (Å²) in [6.45, 7) is 5.32. The molecule has 104 valence electrons. The first kappa shape index (κ1) is 13.9. The van der Waals surface area contributed by atoms with Crippen LogP contribution in [0, 0.1) is 6.92 Å². The SMILES string of the molecule is Cc1ccc(C(=O)O)cc1NC1CCN(C)C(C)C1. The summed E-state index contributed by atoms with van der Waals surface area (Å²) in [6, 6.07) is 6.24. The molecule has 1 aliphatic rings. The Hall–Kier alpha value is -1.55. The van der Waals surface area contributed by atoms with Crippen LogP contribution in [0.3, 0.4) is 0 Å². The van der Waals surface area contributed by atoms with Crippen LogP contribution in [0.25, 0.3) is 0 Å². The lowest BCUT2D eigenvalue weighted by molar-refractivity contribution is 0.0697. The zero-order chi connectivity index (χ0) is 14.0. The number of carboxylic acid groups (broad SMARTS) is 1. The highest BCUT2D eigenvalue weighted by molar-refractivity contribution is 5.89. The number of aromatic carboxylic acids is 1. The van der Waals surface area contributed by atoms with Gasteiger partial charge in [0.25, 0.3) is 0 Å². The number of piperidine rings is 1. The Morgan fingerprint density at radius 2 is 2.21 bits per heavy atom. The van der Waals surface area contributed by atoms with Crippen LogP contribution in [0.2, 0.25) is 0 Å². The Morgan fingerprint density at radius 1 is 1.47 bits per heavy atom. The van der Waals surface area contributed by atoms with Crippen molar-refractivity contribution in [1.82, 2.24) is 4.90 Å². The monoisotopic (exact) mass is 262 g/mol. The van der Waals surface area contributed by atoms with Crippen molar-refractivity contribution in [3.63, 3.8) is 0 Å². The molecule has 0 aliphatic carbocycles. The fourth-order valence-electron chi connectivity index (χ4n) is 2.55. The molecule has 2 rings (SSSR count). The Labute approximate surface area is 114 Å². The van der Waals surface area contributed by atoms with Crippen molar-refractivity contribution in [2.24, 2.45) is 0 Å². The van der Waals surface area contributed by atoms with Crippen molar-refractivity contribution in [2.45, 2.75) is 38.8 Å². The number of nitrogens with zero attached hydrogens (tertiary/aromatic N) is 1. The summed E-state index contributed by atoms with van der Waals surface area (Å²) in [6.07, 6.45) is 2.19. The number of nitrogens with one attached hydrogen (secondary N) is 1. The average Bonchev–Trinajstić information content (AvgIpc) is 2.36. The summed E-state index contributed by atoms with van der Waals surface area (Å²) >= 11 is 0. The molecule has 0 radical (unpaired) electrons. The highest BCUT2D eigenvalue weighted by atomic mass is 16.4. The first-order chi connectivity index (χ1) is 8.97. The van der Waals surface area contributed by atoms with Gasteiger partial charge in [-0.3, -0.25) is 0 Å². The van der Waals surface area contributed by atoms with E-state index in [4.69, 9.17) is 5.11 Å². The van der Waals surface area contributed by atoms with Gasteiger partial charge in [0.2, 0.25) is 0 Å². The van der Waals surface area contributed by atoms with Gasteiger partial charge in [0.05, 0.1) is 5.56 Å². The largest absolute Gasteiger partial charge is 0.478 e. The van der Waals surface area contributed by atoms with Gasteiger partial charge < -0.3 is 15.3 Å². The van der Waals surface area contributed by atoms with E-state index in [0.29, 0.717) is 17.6 Å². The number of benzene rings is 1. The molecule has 2 N–H and O–H groups in total. The standard InChI is InChI=1S/C15H22N2O2/c1-10-4-5-12(15(18)19)9-14(10)16-13-6-7-17(3)11(2)8-13/h4-5,9,11,13,16H,6-8H2,1-3H3,(H,18,19). The molecule has 0 spiro atoms. The fourth-order valence-corrected chi connectivity index (χ4v) is 2.55. The molecule has 1 aromatic rings. The summed E-state index contributed by atoms with van der Waals surface area (Å²) in [5, 5.41) is 12.6. The number of anilines is 1. The molecule has 1 heterocycles. The molecule has 2 unspecified atom stereocenters. The number of hydrogen-bond acceptors (Lipinski definition) is 3. The maximum atomic E-state index is 11.0. The zero-order valence-electron chi connectivity index (χ0n) is 11.8. The van der Waals surface area contributed by atoms with Crippen molar-refractivity contribution >= 4 is 11.7 Å². The predicted molar refractivity (Wildman–Crippen MR) is 76.9 cm³/mol. The van der Waals surface area contributed by atoms with Crippen LogP contribution < -0.4 is 5.32 Å². The molecule has 0 aromatic heterocycles. The van der Waals surface area contributed by atoms with Gasteiger partial charge in [-0.15, -0.1) is 0 Å². The maximum absolute atomic E-state index is 11.0. The average molecular weight is 262 g/mol. The quantitative estimate of drug-likeness (QED) is 0.879. The minimum absolute atomic E-state index is 0.342. The smallest absolute Gasteiger partial charge is 0.335 e. The van der Waals surface area contributed by atoms with Gasteiger partial charge in [0.15, 0.2) is 0 Å². The van der Waals surface area contributed by atoms with Crippen LogP contribution in [-0.4, -0.2) is 41.7 Å². The minimum Gasteiger partial charge on any atom is -0.478 e. The van der Waals surface area contributed by atoms with Crippen molar-refractivity contribution in [2.75, 3.05) is 18.9 Å². The molecule has 1 aliphatic heterocycles. The van der Waals surface area contributed by atoms with Crippen LogP contribution in [0.1, 0.15) is 35.7 Å². The maximum Gasteiger partial charge on any atom is 0.335 e. The van der Waals surface area contributed by atoms with Crippen LogP contribution >= 0.6 is 0 Å². The summed E-state index contributed by atoms with van der Waals surface area (Å²) in [7, 11) is 2.15. The number of aryl methyl sites for hydroxylation is 1. The van der Waals surface area contributed by atoms with Gasteiger partial charge in [-0.25, -0.2) is 4.79 Å². The molecule has 1 fully saturated rings. The highest BCUT2D eigenvalue weighted by Gasteiger charge is 2.23. The van der Waals surface area contributed by atoms with E-state index in [1.807, 2.05) is 13.0 Å². The van der Waals surface area contributed by atoms with Crippen LogP contribution in [0.15, 0.2) is 18.2 Å². The number of rotatable bonds is 3. The van der Waals surface area contributed by atoms with E-state index < -0.39 is 5.97 Å². The first-order valence-corrected chi connectivity index (χ1v) is 6.78. The van der Waals surface area contributed by atoms with E-state index in [-0.39, 0.29) is 0 Å². The second-order valence-electron chi connectivity index (χ2n) is 5.53. The lowest BCUT2D eigenvalue weighted by Gasteiger charge is -2.36. The third-order valence-corrected chi connectivity index (χ3v) is 4.05. The summed E-state index contributed by atoms with van der Waals surface area (Å²) in [4.78, 5) is 13.4. The van der Waals surface area contributed by atoms with Gasteiger partial charge in [0, 0.05) is 24.3 Å². The number of hydrogen-bond donors (Lipinski definition) is 2. The van der Waals surface area contributed by atoms with Crippen LogP contribution in [0.4, 0.5) is 5.69 Å². The molecule has 4 nitrogen and oxygen atoms in total. The molecule has 0 bridgehead atoms. The van der Waals surface area contributed by atoms with Gasteiger partial charge in [0.1, 0.15) is 0 Å². The molecular weight excluding hydrogens is 240 g/mol. The molecule has 0 saturated carbocycles. The first-order valence-electron chi connectivity index (χ1n) is 6.78. The topological polar surface area (TPSA) is 52.6 Å². The van der Waals surface area contributed by atoms with E-state index in [2.05, 4.69) is 24.2 Å². The molecule has 19 heavy (non-hydrogen) atoms. The third kappa shape index (κ3) is 3.26. The van der Waals surface area contributed by atoms with Crippen molar-refractivity contribution in [3.05, 3.63) is 29.3 Å². The Morgan fingerprint density at radius 3 is 2.84 bits per heavy atom. The molecule has 0 amide bonds. The zero-order valence-corrected chi connectivity index (χ0v) is 11.8. The van der Waals surface area contributed by atoms with Gasteiger partial charge in [-0.1, -0.05) is 6.07 Å². The van der Waals surface area contributed by atoms with E-state index in [0.717, 1.165) is 30.6 Å². The predicted octanol–water partition coefficient (Wildman–Crippen LogP) is 2.59. The summed E-state index contributed by atoms with van der Waals surface area (Å²) < 4.78 is 0. The normalized spacial score (nSPS) is 24.2. The Balaban J connectivity index is 2.10. The lowest BCUT2D eigenvalue weighted by Crippen LogP contribution is -2.42. The second-order valence-corrected chi connectivity index (χ2v) is 5.53. The van der Waals surface area contributed by atoms with Gasteiger partial charge in [-0.2, -0.15) is 0 Å². The van der Waals surface area contributed by atoms with Crippen LogP contribution in [0.5, 0.6) is 0 Å². The molecule has 1 aromatic carbocycles. The van der Waals surface area contributed by atoms with Crippen molar-refractivity contribution in [1.29, 1.82) is 0 Å². The van der Waals surface area contributed by atoms with E-state index >= 15 is 0 Å². The lowest BCUT2D eigenvalue weighted by atomic mass is 9.98. The summed E-state index contributed by atoms with van der Waals surface area (Å²) in [5.41, 5.74) is 2.38. The van der Waals surface area contributed by atoms with E-state index in [1.54, 1.807) is 12.1 Å². The Bertz CT molecular complexity index is 473. The fraction of sp³-hybridized carbons (Fsp3) is 0.533. The van der Waals surface area contributed by atoms with Crippen molar-refractivity contribution < 1.29 is 9.90 Å². The van der Waals surface area contributed by atoms with Gasteiger partial charge in [-0.05, 0) is 51.4 Å². The molecular formula is C15H22N2O2. The molecule has 1 saturated heterocycles. The van der Waals surface area contributed by atoms with Crippen molar-refractivity contribution in [3.8, 4) is 0 Å². The minimum atomic E-state index is -0.875. The molecule has 4 heteroatoms. The number of likely N-dealkylation sites (tertiary alicyclic amines) is 1. The second kappa shape index (κ2) is 5.61. The van der Waals surface area contributed by atoms with Crippen LogP contribution in [-0.2, 0) is 0 Å². The Kier molecular flexibility index (Phi) is 4.10. The summed E-state index contributed by atoms with van der Waals surface area (Å²) in [5.74, 6) is -0.875. The van der Waals surface area contributed by atoms with E-state index in [9.17, 15) is 4.79 Å². The highest BCUT2D eigenvalue weighted by Crippen LogP contribution is 2.23. The van der Waals surface area contributed by atoms with Gasteiger partial charge >= 0.3 is 5.97 Å². The van der Waals surface area contributed by atoms with E-state index in [1.165, 1.54) is 0 Å².